The third-order valence-electron chi connectivity index (χ3n) is 3.48. The quantitative estimate of drug-likeness (QED) is 0.888. The Morgan fingerprint density at radius 3 is 2.78 bits per heavy atom. The molecule has 0 bridgehead atoms. The minimum absolute atomic E-state index is 0.0448. The van der Waals surface area contributed by atoms with Gasteiger partial charge in [0.05, 0.1) is 17.1 Å². The highest BCUT2D eigenvalue weighted by molar-refractivity contribution is 7.85. The van der Waals surface area contributed by atoms with Gasteiger partial charge in [0.25, 0.3) is 0 Å². The van der Waals surface area contributed by atoms with Gasteiger partial charge in [0.15, 0.2) is 0 Å². The van der Waals surface area contributed by atoms with Crippen LogP contribution in [-0.2, 0) is 15.5 Å². The summed E-state index contributed by atoms with van der Waals surface area (Å²) in [5.74, 6) is 0.613. The highest BCUT2D eigenvalue weighted by Crippen LogP contribution is 2.20. The van der Waals surface area contributed by atoms with Crippen molar-refractivity contribution < 1.29 is 8.95 Å². The van der Waals surface area contributed by atoms with E-state index in [1.165, 1.54) is 0 Å². The van der Waals surface area contributed by atoms with Gasteiger partial charge in [-0.25, -0.2) is 0 Å². The zero-order valence-electron chi connectivity index (χ0n) is 10.7. The maximum absolute atomic E-state index is 12.3. The first-order valence-electron chi connectivity index (χ1n) is 6.48. The van der Waals surface area contributed by atoms with E-state index in [1.54, 1.807) is 0 Å². The summed E-state index contributed by atoms with van der Waals surface area (Å²) in [6.07, 6.45) is 2.27. The smallest absolute Gasteiger partial charge is 0.0691 e. The predicted octanol–water partition coefficient (Wildman–Crippen LogP) is 2.00. The molecule has 1 aromatic carbocycles. The largest absolute Gasteiger partial charge is 0.377 e. The number of benzene rings is 1. The molecular formula is C14H21NO2S. The van der Waals surface area contributed by atoms with Gasteiger partial charge in [-0.15, -0.1) is 0 Å². The molecule has 0 amide bonds. The molecule has 3 nitrogen and oxygen atoms in total. The van der Waals surface area contributed by atoms with Crippen molar-refractivity contribution in [2.75, 3.05) is 12.4 Å². The molecule has 1 saturated heterocycles. The van der Waals surface area contributed by atoms with Crippen molar-refractivity contribution in [1.82, 2.24) is 0 Å². The lowest BCUT2D eigenvalue weighted by Gasteiger charge is -2.21. The lowest BCUT2D eigenvalue weighted by molar-refractivity contribution is 0.128. The minimum atomic E-state index is -0.935. The van der Waals surface area contributed by atoms with Gasteiger partial charge in [-0.2, -0.15) is 0 Å². The second-order valence-corrected chi connectivity index (χ2v) is 6.66. The van der Waals surface area contributed by atoms with Gasteiger partial charge >= 0.3 is 0 Å². The Kier molecular flexibility index (Phi) is 4.92. The van der Waals surface area contributed by atoms with Crippen LogP contribution in [0.2, 0.25) is 0 Å². The Morgan fingerprint density at radius 2 is 2.17 bits per heavy atom. The molecule has 0 spiro atoms. The monoisotopic (exact) mass is 267 g/mol. The van der Waals surface area contributed by atoms with Crippen LogP contribution >= 0.6 is 0 Å². The van der Waals surface area contributed by atoms with E-state index in [4.69, 9.17) is 10.5 Å². The van der Waals surface area contributed by atoms with Gasteiger partial charge in [-0.3, -0.25) is 4.21 Å². The fraction of sp³-hybridized carbons (Fsp3) is 0.571. The molecule has 0 saturated carbocycles. The van der Waals surface area contributed by atoms with Crippen molar-refractivity contribution in [2.24, 2.45) is 5.73 Å². The van der Waals surface area contributed by atoms with Crippen molar-refractivity contribution in [3.05, 3.63) is 35.9 Å². The summed E-state index contributed by atoms with van der Waals surface area (Å²) in [7, 11) is -0.935. The molecule has 0 radical (unpaired) electrons. The summed E-state index contributed by atoms with van der Waals surface area (Å²) < 4.78 is 17.8. The van der Waals surface area contributed by atoms with Crippen LogP contribution < -0.4 is 5.73 Å². The van der Waals surface area contributed by atoms with Gasteiger partial charge in [-0.1, -0.05) is 30.3 Å². The van der Waals surface area contributed by atoms with E-state index in [0.717, 1.165) is 25.0 Å². The van der Waals surface area contributed by atoms with Crippen molar-refractivity contribution in [2.45, 2.75) is 37.2 Å². The Hall–Kier alpha value is -0.710. The van der Waals surface area contributed by atoms with Crippen LogP contribution in [0.5, 0.6) is 0 Å². The molecule has 4 heteroatoms. The molecule has 1 aromatic rings. The van der Waals surface area contributed by atoms with Crippen LogP contribution in [0.15, 0.2) is 30.3 Å². The molecule has 18 heavy (non-hydrogen) atoms. The third kappa shape index (κ3) is 3.40. The lowest BCUT2D eigenvalue weighted by Crippen LogP contribution is -2.31. The molecule has 4 unspecified atom stereocenters. The maximum atomic E-state index is 12.3. The first-order chi connectivity index (χ1) is 8.68. The fourth-order valence-corrected chi connectivity index (χ4v) is 3.64. The summed E-state index contributed by atoms with van der Waals surface area (Å²) in [6.45, 7) is 2.77. The summed E-state index contributed by atoms with van der Waals surface area (Å²) in [5.41, 5.74) is 7.23. The number of ether oxygens (including phenoxy) is 1. The van der Waals surface area contributed by atoms with Crippen molar-refractivity contribution >= 4 is 10.8 Å². The molecule has 0 aliphatic carbocycles. The topological polar surface area (TPSA) is 52.3 Å². The fourth-order valence-electron chi connectivity index (χ4n) is 2.22. The van der Waals surface area contributed by atoms with Crippen LogP contribution in [0.4, 0.5) is 0 Å². The summed E-state index contributed by atoms with van der Waals surface area (Å²) in [6, 6.07) is 9.70. The third-order valence-corrected chi connectivity index (χ3v) is 5.30. The van der Waals surface area contributed by atoms with E-state index in [-0.39, 0.29) is 17.4 Å². The van der Waals surface area contributed by atoms with Crippen LogP contribution in [0, 0.1) is 0 Å². The Balaban J connectivity index is 1.93. The molecule has 0 aromatic heterocycles. The van der Waals surface area contributed by atoms with Gasteiger partial charge in [0, 0.05) is 23.4 Å². The zero-order chi connectivity index (χ0) is 13.0. The second kappa shape index (κ2) is 6.45. The van der Waals surface area contributed by atoms with Crippen molar-refractivity contribution in [3.8, 4) is 0 Å². The predicted molar refractivity (Wildman–Crippen MR) is 74.8 cm³/mol. The summed E-state index contributed by atoms with van der Waals surface area (Å²) >= 11 is 0. The van der Waals surface area contributed by atoms with Crippen LogP contribution in [0.25, 0.3) is 0 Å². The first kappa shape index (κ1) is 13.7. The Bertz CT molecular complexity index is 390. The average Bonchev–Trinajstić information content (AvgIpc) is 2.91. The van der Waals surface area contributed by atoms with Gasteiger partial charge in [0.1, 0.15) is 0 Å². The van der Waals surface area contributed by atoms with Gasteiger partial charge in [-0.05, 0) is 25.3 Å². The van der Waals surface area contributed by atoms with E-state index >= 15 is 0 Å². The SMILES string of the molecule is CC(C(N)c1ccccc1)S(=O)CC1CCCO1. The van der Waals surface area contributed by atoms with Gasteiger partial charge < -0.3 is 10.5 Å². The van der Waals surface area contributed by atoms with Gasteiger partial charge in [0.2, 0.25) is 0 Å². The number of nitrogens with two attached hydrogens (primary N) is 1. The summed E-state index contributed by atoms with van der Waals surface area (Å²) in [4.78, 5) is 0. The summed E-state index contributed by atoms with van der Waals surface area (Å²) in [5, 5.41) is -0.0448. The van der Waals surface area contributed by atoms with E-state index in [9.17, 15) is 4.21 Å². The van der Waals surface area contributed by atoms with Crippen LogP contribution in [0.1, 0.15) is 31.4 Å². The van der Waals surface area contributed by atoms with E-state index in [0.29, 0.717) is 5.75 Å². The maximum Gasteiger partial charge on any atom is 0.0691 e. The first-order valence-corrected chi connectivity index (χ1v) is 7.86. The van der Waals surface area contributed by atoms with Crippen LogP contribution in [0.3, 0.4) is 0 Å². The second-order valence-electron chi connectivity index (χ2n) is 4.82. The number of hydrogen-bond acceptors (Lipinski definition) is 3. The molecule has 4 atom stereocenters. The average molecular weight is 267 g/mol. The van der Waals surface area contributed by atoms with E-state index in [1.807, 2.05) is 37.3 Å². The number of rotatable bonds is 5. The molecule has 100 valence electrons. The van der Waals surface area contributed by atoms with Crippen molar-refractivity contribution in [1.29, 1.82) is 0 Å². The van der Waals surface area contributed by atoms with E-state index < -0.39 is 10.8 Å². The highest BCUT2D eigenvalue weighted by Gasteiger charge is 2.25. The molecule has 1 fully saturated rings. The molecular weight excluding hydrogens is 246 g/mol. The molecule has 2 rings (SSSR count). The minimum Gasteiger partial charge on any atom is -0.377 e. The van der Waals surface area contributed by atoms with Crippen molar-refractivity contribution in [3.63, 3.8) is 0 Å². The molecule has 2 N–H and O–H groups in total. The zero-order valence-corrected chi connectivity index (χ0v) is 11.6. The molecule has 1 aliphatic heterocycles. The number of hydrogen-bond donors (Lipinski definition) is 1. The Morgan fingerprint density at radius 1 is 1.44 bits per heavy atom. The Labute approximate surface area is 111 Å². The normalized spacial score (nSPS) is 24.7. The molecule has 1 aliphatic rings. The van der Waals surface area contributed by atoms with E-state index in [2.05, 4.69) is 0 Å². The van der Waals surface area contributed by atoms with Crippen LogP contribution in [-0.4, -0.2) is 27.9 Å². The standard InChI is InChI=1S/C14H21NO2S/c1-11(14(15)12-6-3-2-4-7-12)18(16)10-13-8-5-9-17-13/h2-4,6-7,11,13-14H,5,8-10,15H2,1H3. The highest BCUT2D eigenvalue weighted by atomic mass is 32.2. The molecule has 1 heterocycles. The lowest BCUT2D eigenvalue weighted by atomic mass is 10.1.